The van der Waals surface area contributed by atoms with Crippen LogP contribution in [0.1, 0.15) is 44.1 Å². The smallest absolute Gasteiger partial charge is 0.326 e. The van der Waals surface area contributed by atoms with Crippen LogP contribution in [0.15, 0.2) is 42.5 Å². The predicted octanol–water partition coefficient (Wildman–Crippen LogP) is 8.41. The first-order valence-electron chi connectivity index (χ1n) is 12.5. The standard InChI is InChI=1S/C29H18Cl3F8NO3/c1-11-6-14(41-27(44)23-22(28(23,31)32)12-2-5-19(34)17(7-12)29(38,39)40)9-16(24(11)30)20(42)10-15-18(33)4-3-13(25(15)35)8-21(43)26(36)37/h2-7,9,22-23,26H,8,10H2,1H3,(H,41,44)/t22-,23+/m0/s1. The molecule has 4 rings (SSSR count). The van der Waals surface area contributed by atoms with E-state index in [0.29, 0.717) is 12.1 Å². The topological polar surface area (TPSA) is 63.2 Å². The number of hydrogen-bond donors (Lipinski definition) is 1. The van der Waals surface area contributed by atoms with Crippen molar-refractivity contribution in [3.05, 3.63) is 98.3 Å². The molecule has 1 saturated carbocycles. The molecule has 0 unspecified atom stereocenters. The molecule has 0 aliphatic heterocycles. The highest BCUT2D eigenvalue weighted by atomic mass is 35.5. The van der Waals surface area contributed by atoms with Gasteiger partial charge in [-0.3, -0.25) is 14.4 Å². The molecule has 0 saturated heterocycles. The van der Waals surface area contributed by atoms with Gasteiger partial charge in [0.2, 0.25) is 11.7 Å². The van der Waals surface area contributed by atoms with E-state index in [1.54, 1.807) is 0 Å². The minimum Gasteiger partial charge on any atom is -0.326 e. The van der Waals surface area contributed by atoms with Crippen LogP contribution in [0.2, 0.25) is 5.02 Å². The van der Waals surface area contributed by atoms with Crippen LogP contribution in [0.4, 0.5) is 40.8 Å². The molecular weight excluding hydrogens is 669 g/mol. The van der Waals surface area contributed by atoms with Gasteiger partial charge in [-0.25, -0.2) is 22.0 Å². The minimum absolute atomic E-state index is 0.0534. The summed E-state index contributed by atoms with van der Waals surface area (Å²) in [5.41, 5.74) is -3.18. The van der Waals surface area contributed by atoms with Gasteiger partial charge >= 0.3 is 6.18 Å². The van der Waals surface area contributed by atoms with Crippen molar-refractivity contribution in [1.29, 1.82) is 0 Å². The molecule has 44 heavy (non-hydrogen) atoms. The second-order valence-corrected chi connectivity index (χ2v) is 11.9. The molecule has 1 fully saturated rings. The number of anilines is 1. The lowest BCUT2D eigenvalue weighted by Gasteiger charge is -2.13. The fourth-order valence-corrected chi connectivity index (χ4v) is 5.79. The summed E-state index contributed by atoms with van der Waals surface area (Å²) in [4.78, 5) is 37.6. The van der Waals surface area contributed by atoms with Gasteiger partial charge in [0.15, 0.2) is 5.78 Å². The molecule has 0 spiro atoms. The van der Waals surface area contributed by atoms with Crippen LogP contribution < -0.4 is 5.32 Å². The van der Waals surface area contributed by atoms with Gasteiger partial charge in [-0.05, 0) is 53.9 Å². The number of nitrogens with one attached hydrogen (secondary N) is 1. The predicted molar refractivity (Wildman–Crippen MR) is 146 cm³/mol. The highest BCUT2D eigenvalue weighted by molar-refractivity contribution is 6.53. The van der Waals surface area contributed by atoms with Gasteiger partial charge in [0.25, 0.3) is 6.43 Å². The zero-order chi connectivity index (χ0) is 32.9. The summed E-state index contributed by atoms with van der Waals surface area (Å²) in [6.45, 7) is 1.44. The van der Waals surface area contributed by atoms with Crippen molar-refractivity contribution >= 4 is 58.0 Å². The highest BCUT2D eigenvalue weighted by Gasteiger charge is 2.67. The minimum atomic E-state index is -5.02. The van der Waals surface area contributed by atoms with Crippen molar-refractivity contribution < 1.29 is 49.5 Å². The van der Waals surface area contributed by atoms with Gasteiger partial charge in [0.05, 0.1) is 16.5 Å². The maximum Gasteiger partial charge on any atom is 0.419 e. The average molecular weight is 687 g/mol. The Bertz CT molecular complexity index is 1680. The van der Waals surface area contributed by atoms with Crippen LogP contribution in [0, 0.1) is 30.3 Å². The first-order chi connectivity index (χ1) is 20.3. The van der Waals surface area contributed by atoms with Crippen LogP contribution >= 0.6 is 34.8 Å². The number of rotatable bonds is 9. The van der Waals surface area contributed by atoms with E-state index in [0.717, 1.165) is 24.3 Å². The van der Waals surface area contributed by atoms with Gasteiger partial charge in [0, 0.05) is 35.6 Å². The lowest BCUT2D eigenvalue weighted by molar-refractivity contribution is -0.140. The highest BCUT2D eigenvalue weighted by Crippen LogP contribution is 2.65. The molecule has 4 nitrogen and oxygen atoms in total. The SMILES string of the molecule is Cc1cc(NC(=O)[C@H]2[C@H](c3ccc(F)c(C(F)(F)F)c3)C2(Cl)Cl)cc(C(=O)Cc2c(F)ccc(CC(=O)C(F)F)c2F)c1Cl. The number of halogens is 11. The Kier molecular flexibility index (Phi) is 9.40. The number of amides is 1. The Morgan fingerprint density at radius 1 is 0.955 bits per heavy atom. The summed E-state index contributed by atoms with van der Waals surface area (Å²) in [5, 5.41) is 2.29. The summed E-state index contributed by atoms with van der Waals surface area (Å²) in [6, 6.07) is 6.04. The van der Waals surface area contributed by atoms with Crippen molar-refractivity contribution in [3.63, 3.8) is 0 Å². The zero-order valence-corrected chi connectivity index (χ0v) is 24.3. The second-order valence-electron chi connectivity index (χ2n) is 10.1. The molecule has 234 valence electrons. The first kappa shape index (κ1) is 33.7. The number of alkyl halides is 7. The van der Waals surface area contributed by atoms with E-state index in [-0.39, 0.29) is 27.4 Å². The maximum absolute atomic E-state index is 14.9. The number of Topliss-reactive ketones (excluding diaryl/α,β-unsaturated/α-hetero) is 2. The molecule has 1 N–H and O–H groups in total. The Morgan fingerprint density at radius 2 is 1.59 bits per heavy atom. The van der Waals surface area contributed by atoms with Crippen molar-refractivity contribution in [2.45, 2.75) is 42.6 Å². The largest absolute Gasteiger partial charge is 0.419 e. The molecule has 1 aliphatic rings. The van der Waals surface area contributed by atoms with E-state index < -0.39 is 93.2 Å². The number of aryl methyl sites for hydroxylation is 1. The molecule has 15 heteroatoms. The monoisotopic (exact) mass is 685 g/mol. The second kappa shape index (κ2) is 12.3. The van der Waals surface area contributed by atoms with Gasteiger partial charge < -0.3 is 5.32 Å². The number of benzene rings is 3. The molecule has 3 aromatic carbocycles. The van der Waals surface area contributed by atoms with E-state index in [1.807, 2.05) is 0 Å². The van der Waals surface area contributed by atoms with Gasteiger partial charge in [-0.1, -0.05) is 23.7 Å². The first-order valence-corrected chi connectivity index (χ1v) is 13.6. The maximum atomic E-state index is 14.9. The Hall–Kier alpha value is -3.22. The van der Waals surface area contributed by atoms with Gasteiger partial charge in [-0.15, -0.1) is 23.2 Å². The van der Waals surface area contributed by atoms with Crippen LogP contribution in [-0.2, 0) is 28.6 Å². The van der Waals surface area contributed by atoms with E-state index in [1.165, 1.54) is 13.0 Å². The van der Waals surface area contributed by atoms with Crippen LogP contribution in [0.3, 0.4) is 0 Å². The normalized spacial score (nSPS) is 17.5. The zero-order valence-electron chi connectivity index (χ0n) is 22.1. The summed E-state index contributed by atoms with van der Waals surface area (Å²) < 4.78 is 106. The molecule has 1 aliphatic carbocycles. The third-order valence-corrected chi connectivity index (χ3v) is 8.47. The van der Waals surface area contributed by atoms with E-state index >= 15 is 0 Å². The number of hydrogen-bond acceptors (Lipinski definition) is 3. The fourth-order valence-electron chi connectivity index (χ4n) is 4.75. The van der Waals surface area contributed by atoms with E-state index in [4.69, 9.17) is 34.8 Å². The molecule has 0 aromatic heterocycles. The van der Waals surface area contributed by atoms with Crippen molar-refractivity contribution in [1.82, 2.24) is 0 Å². The summed E-state index contributed by atoms with van der Waals surface area (Å²) in [6.07, 6.45) is -10.4. The number of carbonyl (C=O) groups excluding carboxylic acids is 3. The molecule has 0 bridgehead atoms. The van der Waals surface area contributed by atoms with Crippen molar-refractivity contribution in [3.8, 4) is 0 Å². The molecule has 0 radical (unpaired) electrons. The lowest BCUT2D eigenvalue weighted by atomic mass is 9.97. The van der Waals surface area contributed by atoms with Crippen LogP contribution in [0.5, 0.6) is 0 Å². The fraction of sp³-hybridized carbons (Fsp3) is 0.276. The van der Waals surface area contributed by atoms with Crippen molar-refractivity contribution in [2.24, 2.45) is 5.92 Å². The molecular formula is C29H18Cl3F8NO3. The van der Waals surface area contributed by atoms with E-state index in [9.17, 15) is 49.5 Å². The number of carbonyl (C=O) groups is 3. The summed E-state index contributed by atoms with van der Waals surface area (Å²) in [7, 11) is 0. The Morgan fingerprint density at radius 3 is 2.20 bits per heavy atom. The Balaban J connectivity index is 1.57. The molecule has 3 aromatic rings. The molecule has 0 heterocycles. The van der Waals surface area contributed by atoms with Gasteiger partial charge in [-0.2, -0.15) is 13.2 Å². The van der Waals surface area contributed by atoms with Crippen LogP contribution in [-0.4, -0.2) is 28.2 Å². The quantitative estimate of drug-likeness (QED) is 0.140. The third-order valence-electron chi connectivity index (χ3n) is 7.02. The van der Waals surface area contributed by atoms with E-state index in [2.05, 4.69) is 5.32 Å². The molecule has 1 amide bonds. The third kappa shape index (κ3) is 6.72. The van der Waals surface area contributed by atoms with Crippen molar-refractivity contribution in [2.75, 3.05) is 5.32 Å². The average Bonchev–Trinajstić information content (AvgIpc) is 3.51. The lowest BCUT2D eigenvalue weighted by Crippen LogP contribution is -2.18. The van der Waals surface area contributed by atoms with Gasteiger partial charge in [0.1, 0.15) is 21.8 Å². The summed E-state index contributed by atoms with van der Waals surface area (Å²) >= 11 is 18.7. The van der Waals surface area contributed by atoms with Crippen LogP contribution in [0.25, 0.3) is 0 Å². The molecule has 2 atom stereocenters. The summed E-state index contributed by atoms with van der Waals surface area (Å²) in [5.74, 6) is -9.94. The number of ketones is 2. The Labute approximate surface area is 259 Å².